The molecule has 4 aromatic rings. The number of sulfonamides is 2. The van der Waals surface area contributed by atoms with Crippen molar-refractivity contribution in [3.05, 3.63) is 75.1 Å². The topological polar surface area (TPSA) is 150 Å². The summed E-state index contributed by atoms with van der Waals surface area (Å²) >= 11 is 11.8. The fourth-order valence-corrected chi connectivity index (χ4v) is 5.62. The number of fused-ring (bicyclic) bond motifs is 1. The van der Waals surface area contributed by atoms with Gasteiger partial charge in [0.2, 0.25) is 0 Å². The molecule has 0 saturated heterocycles. The average molecular weight is 543 g/mol. The number of halogens is 2. The standard InChI is InChI=1S/C20H16Cl2N4O6S2/c1-32-19-7-2-11(8-18(19)26-34(30,31)12-3-5-14(21)15(22)9-12)25-33(28,29)13-4-6-16-17(10-13)24-20(27)23-16/h2-10,25-26H,1H3,(H2,23,24,27). The Bertz CT molecular complexity index is 1680. The first kappa shape index (κ1) is 24.0. The van der Waals surface area contributed by atoms with Crippen LogP contribution in [0, 0.1) is 0 Å². The maximum atomic E-state index is 12.9. The van der Waals surface area contributed by atoms with Gasteiger partial charge < -0.3 is 14.7 Å². The molecule has 0 atom stereocenters. The lowest BCUT2D eigenvalue weighted by atomic mass is 10.2. The van der Waals surface area contributed by atoms with E-state index in [0.29, 0.717) is 11.0 Å². The molecule has 0 unspecified atom stereocenters. The highest BCUT2D eigenvalue weighted by Gasteiger charge is 2.20. The Morgan fingerprint density at radius 3 is 2.12 bits per heavy atom. The van der Waals surface area contributed by atoms with Crippen molar-refractivity contribution in [3.63, 3.8) is 0 Å². The number of ether oxygens (including phenoxy) is 1. The van der Waals surface area contributed by atoms with E-state index in [9.17, 15) is 21.6 Å². The maximum Gasteiger partial charge on any atom is 0.323 e. The molecule has 4 N–H and O–H groups in total. The van der Waals surface area contributed by atoms with Crippen molar-refractivity contribution in [2.75, 3.05) is 16.6 Å². The third kappa shape index (κ3) is 4.85. The highest BCUT2D eigenvalue weighted by molar-refractivity contribution is 7.93. The Labute approximate surface area is 204 Å². The van der Waals surface area contributed by atoms with E-state index in [0.717, 1.165) is 0 Å². The number of benzene rings is 3. The highest BCUT2D eigenvalue weighted by atomic mass is 35.5. The molecule has 10 nitrogen and oxygen atoms in total. The number of imidazole rings is 1. The van der Waals surface area contributed by atoms with Crippen LogP contribution in [0.2, 0.25) is 10.0 Å². The second-order valence-corrected chi connectivity index (χ2v) is 11.2. The Kier molecular flexibility index (Phi) is 6.25. The molecule has 0 bridgehead atoms. The summed E-state index contributed by atoms with van der Waals surface area (Å²) < 4.78 is 61.4. The highest BCUT2D eigenvalue weighted by Crippen LogP contribution is 2.32. The lowest BCUT2D eigenvalue weighted by Gasteiger charge is -2.15. The Balaban J connectivity index is 1.66. The minimum absolute atomic E-state index is 0.0146. The van der Waals surface area contributed by atoms with Crippen molar-refractivity contribution in [2.24, 2.45) is 0 Å². The van der Waals surface area contributed by atoms with Crippen LogP contribution in [0.3, 0.4) is 0 Å². The molecule has 1 heterocycles. The number of hydrogen-bond donors (Lipinski definition) is 4. The maximum absolute atomic E-state index is 12.9. The summed E-state index contributed by atoms with van der Waals surface area (Å²) in [5, 5.41) is 0.246. The van der Waals surface area contributed by atoms with Gasteiger partial charge in [-0.25, -0.2) is 21.6 Å². The SMILES string of the molecule is COc1ccc(NS(=O)(=O)c2ccc3[nH]c(=O)[nH]c3c2)cc1NS(=O)(=O)c1ccc(Cl)c(Cl)c1. The van der Waals surface area contributed by atoms with E-state index in [2.05, 4.69) is 19.4 Å². The van der Waals surface area contributed by atoms with Crippen LogP contribution in [-0.2, 0) is 20.0 Å². The van der Waals surface area contributed by atoms with Crippen LogP contribution in [-0.4, -0.2) is 33.9 Å². The normalized spacial score (nSPS) is 12.0. The number of anilines is 2. The molecule has 3 aromatic carbocycles. The van der Waals surface area contributed by atoms with Gasteiger partial charge in [-0.2, -0.15) is 0 Å². The Morgan fingerprint density at radius 1 is 0.765 bits per heavy atom. The van der Waals surface area contributed by atoms with Crippen LogP contribution in [0.15, 0.2) is 69.2 Å². The summed E-state index contributed by atoms with van der Waals surface area (Å²) in [4.78, 5) is 16.2. The number of methoxy groups -OCH3 is 1. The molecule has 1 aromatic heterocycles. The molecule has 34 heavy (non-hydrogen) atoms. The second-order valence-electron chi connectivity index (χ2n) is 6.99. The van der Waals surface area contributed by atoms with Crippen molar-refractivity contribution in [1.82, 2.24) is 9.97 Å². The fraction of sp³-hybridized carbons (Fsp3) is 0.0500. The number of nitrogens with one attached hydrogen (secondary N) is 4. The van der Waals surface area contributed by atoms with Crippen LogP contribution in [0.5, 0.6) is 5.75 Å². The number of H-pyrrole nitrogens is 2. The molecule has 4 rings (SSSR count). The Morgan fingerprint density at radius 2 is 1.41 bits per heavy atom. The van der Waals surface area contributed by atoms with Gasteiger partial charge >= 0.3 is 5.69 Å². The molecule has 0 radical (unpaired) electrons. The van der Waals surface area contributed by atoms with Crippen LogP contribution in [0.25, 0.3) is 11.0 Å². The zero-order chi connectivity index (χ0) is 24.7. The molecule has 0 spiro atoms. The summed E-state index contributed by atoms with van der Waals surface area (Å²) in [5.74, 6) is 0.151. The minimum Gasteiger partial charge on any atom is -0.495 e. The van der Waals surface area contributed by atoms with Gasteiger partial charge in [0, 0.05) is 0 Å². The van der Waals surface area contributed by atoms with E-state index in [1.807, 2.05) is 0 Å². The third-order valence-electron chi connectivity index (χ3n) is 4.70. The summed E-state index contributed by atoms with van der Waals surface area (Å²) in [6, 6.07) is 12.0. The quantitative estimate of drug-likeness (QED) is 0.279. The van der Waals surface area contributed by atoms with E-state index in [4.69, 9.17) is 27.9 Å². The first-order valence-corrected chi connectivity index (χ1v) is 13.1. The molecule has 178 valence electrons. The molecule has 0 saturated carbocycles. The molecule has 0 aliphatic heterocycles. The van der Waals surface area contributed by atoms with E-state index in [1.165, 1.54) is 61.7 Å². The van der Waals surface area contributed by atoms with Gasteiger partial charge in [-0.05, 0) is 54.6 Å². The van der Waals surface area contributed by atoms with Gasteiger partial charge in [-0.1, -0.05) is 23.2 Å². The fourth-order valence-electron chi connectivity index (χ4n) is 3.09. The average Bonchev–Trinajstić information content (AvgIpc) is 3.14. The van der Waals surface area contributed by atoms with E-state index in [-0.39, 0.29) is 37.0 Å². The molecule has 14 heteroatoms. The van der Waals surface area contributed by atoms with Gasteiger partial charge in [0.1, 0.15) is 5.75 Å². The predicted molar refractivity (Wildman–Crippen MR) is 130 cm³/mol. The number of aromatic nitrogens is 2. The van der Waals surface area contributed by atoms with Gasteiger partial charge in [0.25, 0.3) is 20.0 Å². The predicted octanol–water partition coefficient (Wildman–Crippen LogP) is 3.77. The first-order chi connectivity index (χ1) is 16.0. The lowest BCUT2D eigenvalue weighted by Crippen LogP contribution is -2.15. The smallest absolute Gasteiger partial charge is 0.323 e. The summed E-state index contributed by atoms with van der Waals surface area (Å²) in [5.41, 5.74) is 0.353. The summed E-state index contributed by atoms with van der Waals surface area (Å²) in [6.07, 6.45) is 0. The van der Waals surface area contributed by atoms with Crippen molar-refractivity contribution < 1.29 is 21.6 Å². The number of rotatable bonds is 7. The van der Waals surface area contributed by atoms with Crippen molar-refractivity contribution in [3.8, 4) is 5.75 Å². The van der Waals surface area contributed by atoms with Gasteiger partial charge in [0.05, 0.1) is 49.4 Å². The largest absolute Gasteiger partial charge is 0.495 e. The van der Waals surface area contributed by atoms with Crippen molar-refractivity contribution in [2.45, 2.75) is 9.79 Å². The van der Waals surface area contributed by atoms with Crippen molar-refractivity contribution in [1.29, 1.82) is 0 Å². The molecule has 0 fully saturated rings. The molecule has 0 aliphatic rings. The zero-order valence-electron chi connectivity index (χ0n) is 17.2. The summed E-state index contributed by atoms with van der Waals surface area (Å²) in [6.45, 7) is 0. The third-order valence-corrected chi connectivity index (χ3v) is 8.18. The minimum atomic E-state index is -4.11. The Hall–Kier alpha value is -3.19. The number of hydrogen-bond acceptors (Lipinski definition) is 6. The van der Waals surface area contributed by atoms with Gasteiger partial charge in [0.15, 0.2) is 0 Å². The molecular weight excluding hydrogens is 527 g/mol. The van der Waals surface area contributed by atoms with Gasteiger partial charge in [-0.3, -0.25) is 9.44 Å². The monoisotopic (exact) mass is 542 g/mol. The zero-order valence-corrected chi connectivity index (χ0v) is 20.4. The molecular formula is C20H16Cl2N4O6S2. The van der Waals surface area contributed by atoms with E-state index >= 15 is 0 Å². The van der Waals surface area contributed by atoms with Crippen LogP contribution >= 0.6 is 23.2 Å². The van der Waals surface area contributed by atoms with Gasteiger partial charge in [-0.15, -0.1) is 0 Å². The first-order valence-electron chi connectivity index (χ1n) is 9.39. The molecule has 0 aliphatic carbocycles. The van der Waals surface area contributed by atoms with Crippen LogP contribution < -0.4 is 19.9 Å². The summed E-state index contributed by atoms with van der Waals surface area (Å²) in [7, 11) is -6.85. The van der Waals surface area contributed by atoms with Crippen LogP contribution in [0.4, 0.5) is 11.4 Å². The molecule has 0 amide bonds. The van der Waals surface area contributed by atoms with E-state index in [1.54, 1.807) is 0 Å². The number of aromatic amines is 2. The van der Waals surface area contributed by atoms with Crippen molar-refractivity contribution >= 4 is 65.7 Å². The van der Waals surface area contributed by atoms with Crippen LogP contribution in [0.1, 0.15) is 0 Å². The lowest BCUT2D eigenvalue weighted by molar-refractivity contribution is 0.417. The second kappa shape index (κ2) is 8.87. The van der Waals surface area contributed by atoms with E-state index < -0.39 is 25.7 Å².